The van der Waals surface area contributed by atoms with E-state index < -0.39 is 12.0 Å². The number of hydrogen-bond donors (Lipinski definition) is 1. The number of halogens is 1. The molecule has 1 aromatic rings. The zero-order valence-electron chi connectivity index (χ0n) is 9.85. The molecule has 0 saturated heterocycles. The summed E-state index contributed by atoms with van der Waals surface area (Å²) in [5.41, 5.74) is 6.51. The predicted octanol–water partition coefficient (Wildman–Crippen LogP) is 1.54. The van der Waals surface area contributed by atoms with Gasteiger partial charge in [-0.15, -0.1) is 11.6 Å². The van der Waals surface area contributed by atoms with E-state index in [4.69, 9.17) is 22.1 Å². The Labute approximate surface area is 109 Å². The van der Waals surface area contributed by atoms with Gasteiger partial charge in [-0.05, 0) is 25.1 Å². The minimum Gasteiger partial charge on any atom is -0.479 e. The fourth-order valence-electron chi connectivity index (χ4n) is 1.80. The Kier molecular flexibility index (Phi) is 3.43. The molecule has 2 rings (SSSR count). The Hall–Kier alpha value is -1.75. The van der Waals surface area contributed by atoms with Gasteiger partial charge in [0.25, 0.3) is 5.91 Å². The Morgan fingerprint density at radius 1 is 1.56 bits per heavy atom. The van der Waals surface area contributed by atoms with Gasteiger partial charge >= 0.3 is 0 Å². The molecule has 0 spiro atoms. The second kappa shape index (κ2) is 4.86. The molecule has 0 radical (unpaired) electrons. The molecule has 5 nitrogen and oxygen atoms in total. The number of imide groups is 1. The number of amides is 2. The van der Waals surface area contributed by atoms with Crippen molar-refractivity contribution >= 4 is 34.8 Å². The van der Waals surface area contributed by atoms with Crippen molar-refractivity contribution in [1.29, 1.82) is 0 Å². The molecule has 1 atom stereocenters. The summed E-state index contributed by atoms with van der Waals surface area (Å²) in [6.07, 6.45) is -0.603. The third-order valence-corrected chi connectivity index (χ3v) is 2.84. The number of benzene rings is 1. The van der Waals surface area contributed by atoms with E-state index in [0.29, 0.717) is 17.1 Å². The van der Waals surface area contributed by atoms with E-state index >= 15 is 0 Å². The summed E-state index contributed by atoms with van der Waals surface area (Å²) in [4.78, 5) is 25.1. The van der Waals surface area contributed by atoms with Crippen molar-refractivity contribution in [3.8, 4) is 5.75 Å². The second-order valence-corrected chi connectivity index (χ2v) is 4.37. The Bertz CT molecular complexity index is 504. The first-order valence-corrected chi connectivity index (χ1v) is 6.07. The summed E-state index contributed by atoms with van der Waals surface area (Å²) < 4.78 is 5.43. The van der Waals surface area contributed by atoms with Gasteiger partial charge in [0.1, 0.15) is 5.75 Å². The number of nitrogen functional groups attached to an aromatic ring is 1. The molecule has 1 aromatic carbocycles. The number of hydrogen-bond acceptors (Lipinski definition) is 4. The van der Waals surface area contributed by atoms with E-state index in [2.05, 4.69) is 0 Å². The van der Waals surface area contributed by atoms with Crippen molar-refractivity contribution in [2.75, 3.05) is 16.5 Å². The van der Waals surface area contributed by atoms with Crippen LogP contribution < -0.4 is 15.4 Å². The highest BCUT2D eigenvalue weighted by Gasteiger charge is 2.35. The maximum absolute atomic E-state index is 12.0. The number of carbonyl (C=O) groups is 2. The van der Waals surface area contributed by atoms with Crippen molar-refractivity contribution in [1.82, 2.24) is 0 Å². The van der Waals surface area contributed by atoms with Gasteiger partial charge in [0.2, 0.25) is 5.91 Å². The SMILES string of the molecule is CC1Oc2ccc(N)cc2N(C(=O)CCCl)C1=O. The normalized spacial score (nSPS) is 18.2. The van der Waals surface area contributed by atoms with Crippen LogP contribution in [0.25, 0.3) is 0 Å². The Morgan fingerprint density at radius 3 is 2.94 bits per heavy atom. The predicted molar refractivity (Wildman–Crippen MR) is 68.8 cm³/mol. The average Bonchev–Trinajstić information content (AvgIpc) is 2.31. The number of rotatable bonds is 2. The van der Waals surface area contributed by atoms with Crippen LogP contribution in [0.3, 0.4) is 0 Å². The number of anilines is 2. The van der Waals surface area contributed by atoms with Gasteiger partial charge in [0.15, 0.2) is 6.10 Å². The molecular formula is C12H13ClN2O3. The Morgan fingerprint density at radius 2 is 2.28 bits per heavy atom. The number of carbonyl (C=O) groups excluding carboxylic acids is 2. The molecule has 1 unspecified atom stereocenters. The Balaban J connectivity index is 2.47. The first-order valence-electron chi connectivity index (χ1n) is 5.53. The number of nitrogens with zero attached hydrogens (tertiary/aromatic N) is 1. The monoisotopic (exact) mass is 268 g/mol. The molecule has 2 N–H and O–H groups in total. The topological polar surface area (TPSA) is 72.6 Å². The van der Waals surface area contributed by atoms with Gasteiger partial charge in [-0.1, -0.05) is 0 Å². The fraction of sp³-hybridized carbons (Fsp3) is 0.333. The van der Waals surface area contributed by atoms with Crippen molar-refractivity contribution in [2.45, 2.75) is 19.4 Å². The largest absolute Gasteiger partial charge is 0.479 e. The van der Waals surface area contributed by atoms with E-state index in [1.54, 1.807) is 25.1 Å². The van der Waals surface area contributed by atoms with E-state index in [9.17, 15) is 9.59 Å². The van der Waals surface area contributed by atoms with E-state index in [-0.39, 0.29) is 18.2 Å². The molecule has 0 aliphatic carbocycles. The zero-order chi connectivity index (χ0) is 13.3. The third-order valence-electron chi connectivity index (χ3n) is 2.65. The minimum atomic E-state index is -0.694. The smallest absolute Gasteiger partial charge is 0.274 e. The summed E-state index contributed by atoms with van der Waals surface area (Å²) in [5, 5.41) is 0. The van der Waals surface area contributed by atoms with Crippen molar-refractivity contribution < 1.29 is 14.3 Å². The molecule has 1 heterocycles. The first kappa shape index (κ1) is 12.7. The van der Waals surface area contributed by atoms with E-state index in [1.807, 2.05) is 0 Å². The number of nitrogens with two attached hydrogens (primary N) is 1. The molecule has 0 aromatic heterocycles. The molecule has 1 aliphatic rings. The van der Waals surface area contributed by atoms with Gasteiger partial charge in [-0.25, -0.2) is 4.90 Å². The molecule has 0 saturated carbocycles. The molecule has 0 bridgehead atoms. The maximum Gasteiger partial charge on any atom is 0.274 e. The van der Waals surface area contributed by atoms with Crippen molar-refractivity contribution in [2.24, 2.45) is 0 Å². The second-order valence-electron chi connectivity index (χ2n) is 3.99. The van der Waals surface area contributed by atoms with Crippen LogP contribution in [0.4, 0.5) is 11.4 Å². The number of ether oxygens (including phenoxy) is 1. The van der Waals surface area contributed by atoms with Crippen LogP contribution in [0.15, 0.2) is 18.2 Å². The van der Waals surface area contributed by atoms with Gasteiger partial charge in [-0.3, -0.25) is 9.59 Å². The first-order chi connectivity index (χ1) is 8.54. The third kappa shape index (κ3) is 2.13. The fourth-order valence-corrected chi connectivity index (χ4v) is 1.96. The summed E-state index contributed by atoms with van der Waals surface area (Å²) in [6.45, 7) is 1.60. The number of fused-ring (bicyclic) bond motifs is 1. The van der Waals surface area contributed by atoms with Gasteiger partial charge < -0.3 is 10.5 Å². The van der Waals surface area contributed by atoms with E-state index in [0.717, 1.165) is 4.90 Å². The van der Waals surface area contributed by atoms with Crippen LogP contribution in [-0.2, 0) is 9.59 Å². The molecule has 0 fully saturated rings. The summed E-state index contributed by atoms with van der Waals surface area (Å²) in [6, 6.07) is 4.85. The van der Waals surface area contributed by atoms with Gasteiger partial charge in [0, 0.05) is 18.0 Å². The standard InChI is InChI=1S/C12H13ClN2O3/c1-7-12(17)15(11(16)4-5-13)9-6-8(14)2-3-10(9)18-7/h2-3,6-7H,4-5,14H2,1H3. The molecular weight excluding hydrogens is 256 g/mol. The highest BCUT2D eigenvalue weighted by atomic mass is 35.5. The van der Waals surface area contributed by atoms with Crippen LogP contribution in [0, 0.1) is 0 Å². The summed E-state index contributed by atoms with van der Waals surface area (Å²) >= 11 is 5.54. The van der Waals surface area contributed by atoms with Crippen LogP contribution in [0.1, 0.15) is 13.3 Å². The number of alkyl halides is 1. The lowest BCUT2D eigenvalue weighted by atomic mass is 10.1. The zero-order valence-corrected chi connectivity index (χ0v) is 10.6. The molecule has 96 valence electrons. The highest BCUT2D eigenvalue weighted by Crippen LogP contribution is 2.35. The van der Waals surface area contributed by atoms with Crippen molar-refractivity contribution in [3.63, 3.8) is 0 Å². The van der Waals surface area contributed by atoms with Crippen LogP contribution in [-0.4, -0.2) is 23.8 Å². The molecule has 6 heteroatoms. The van der Waals surface area contributed by atoms with Crippen molar-refractivity contribution in [3.05, 3.63) is 18.2 Å². The quantitative estimate of drug-likeness (QED) is 0.652. The minimum absolute atomic E-state index is 0.0915. The van der Waals surface area contributed by atoms with Crippen LogP contribution >= 0.6 is 11.6 Å². The lowest BCUT2D eigenvalue weighted by Gasteiger charge is -2.31. The van der Waals surface area contributed by atoms with Crippen LogP contribution in [0.2, 0.25) is 0 Å². The lowest BCUT2D eigenvalue weighted by Crippen LogP contribution is -2.47. The van der Waals surface area contributed by atoms with Gasteiger partial charge in [-0.2, -0.15) is 0 Å². The highest BCUT2D eigenvalue weighted by molar-refractivity contribution is 6.22. The summed E-state index contributed by atoms with van der Waals surface area (Å²) in [7, 11) is 0. The summed E-state index contributed by atoms with van der Waals surface area (Å²) in [5.74, 6) is -0.116. The lowest BCUT2D eigenvalue weighted by molar-refractivity contribution is -0.131. The molecule has 1 aliphatic heterocycles. The van der Waals surface area contributed by atoms with E-state index in [1.165, 1.54) is 0 Å². The molecule has 18 heavy (non-hydrogen) atoms. The van der Waals surface area contributed by atoms with Gasteiger partial charge in [0.05, 0.1) is 5.69 Å². The van der Waals surface area contributed by atoms with Crippen LogP contribution in [0.5, 0.6) is 5.75 Å². The molecule has 2 amide bonds. The average molecular weight is 269 g/mol. The maximum atomic E-state index is 12.0.